The van der Waals surface area contributed by atoms with Gasteiger partial charge in [-0.2, -0.15) is 24.9 Å². The molecule has 1 saturated heterocycles. The Balaban J connectivity index is 1.51. The Kier molecular flexibility index (Phi) is 6.67. The van der Waals surface area contributed by atoms with Crippen molar-refractivity contribution in [2.75, 3.05) is 23.9 Å². The Morgan fingerprint density at radius 3 is 2.48 bits per heavy atom. The molecule has 1 aromatic heterocycles. The van der Waals surface area contributed by atoms with Gasteiger partial charge in [0.15, 0.2) is 6.04 Å². The number of amides is 1. The Morgan fingerprint density at radius 2 is 1.88 bits per heavy atom. The Hall–Kier alpha value is -2.22. The van der Waals surface area contributed by atoms with Crippen molar-refractivity contribution in [2.45, 2.75) is 56.8 Å². The highest BCUT2D eigenvalue weighted by molar-refractivity contribution is 7.99. The number of thioether (sulfide) groups is 1. The van der Waals surface area contributed by atoms with Crippen LogP contribution in [0.5, 0.6) is 0 Å². The van der Waals surface area contributed by atoms with E-state index in [0.29, 0.717) is 18.5 Å². The molecule has 4 rings (SSSR count). The van der Waals surface area contributed by atoms with Gasteiger partial charge in [-0.3, -0.25) is 9.78 Å². The van der Waals surface area contributed by atoms with E-state index in [-0.39, 0.29) is 23.1 Å². The third-order valence-corrected chi connectivity index (χ3v) is 8.08. The standard InChI is InChI=1S/C25H30F3N3OS/c1-24(2)19-7-5-4-6-17(19)14-21(24)30-18-8-9-20(29-15-18)22(25(26,27)28)31(3)23(32)16-10-12-33-13-11-16/h4-9,15-16,21-22,30H,10-14H2,1-3H3/t21?,22-/m0/s1. The minimum atomic E-state index is -4.61. The Bertz CT molecular complexity index is 987. The van der Waals surface area contributed by atoms with E-state index in [1.807, 2.05) is 12.1 Å². The zero-order valence-corrected chi connectivity index (χ0v) is 20.0. The van der Waals surface area contributed by atoms with Gasteiger partial charge in [0.1, 0.15) is 0 Å². The summed E-state index contributed by atoms with van der Waals surface area (Å²) in [4.78, 5) is 17.8. The first-order valence-electron chi connectivity index (χ1n) is 11.3. The fourth-order valence-electron chi connectivity index (χ4n) is 5.02. The van der Waals surface area contributed by atoms with E-state index >= 15 is 0 Å². The average molecular weight is 478 g/mol. The number of nitrogens with one attached hydrogen (secondary N) is 1. The van der Waals surface area contributed by atoms with Crippen LogP contribution in [0.15, 0.2) is 42.6 Å². The van der Waals surface area contributed by atoms with E-state index in [2.05, 4.69) is 36.3 Å². The van der Waals surface area contributed by atoms with E-state index in [1.54, 1.807) is 17.8 Å². The van der Waals surface area contributed by atoms with Crippen molar-refractivity contribution in [1.29, 1.82) is 0 Å². The van der Waals surface area contributed by atoms with Crippen molar-refractivity contribution in [3.05, 3.63) is 59.4 Å². The topological polar surface area (TPSA) is 45.2 Å². The maximum absolute atomic E-state index is 14.0. The number of hydrogen-bond acceptors (Lipinski definition) is 4. The molecule has 1 aliphatic carbocycles. The number of alkyl halides is 3. The van der Waals surface area contributed by atoms with Gasteiger partial charge in [-0.15, -0.1) is 0 Å². The second kappa shape index (κ2) is 9.20. The molecule has 0 radical (unpaired) electrons. The van der Waals surface area contributed by atoms with Crippen LogP contribution in [0.25, 0.3) is 0 Å². The van der Waals surface area contributed by atoms with Crippen LogP contribution in [0.4, 0.5) is 18.9 Å². The Morgan fingerprint density at radius 1 is 1.18 bits per heavy atom. The van der Waals surface area contributed by atoms with Gasteiger partial charge < -0.3 is 10.2 Å². The maximum atomic E-state index is 14.0. The highest BCUT2D eigenvalue weighted by Gasteiger charge is 2.47. The monoisotopic (exact) mass is 477 g/mol. The number of pyridine rings is 1. The van der Waals surface area contributed by atoms with Crippen LogP contribution in [0.3, 0.4) is 0 Å². The summed E-state index contributed by atoms with van der Waals surface area (Å²) in [6, 6.07) is 9.37. The molecule has 8 heteroatoms. The minimum Gasteiger partial charge on any atom is -0.380 e. The third-order valence-electron chi connectivity index (χ3n) is 7.03. The molecule has 0 saturated carbocycles. The quantitative estimate of drug-likeness (QED) is 0.609. The normalized spacial score (nSPS) is 21.3. The molecular formula is C25H30F3N3OS. The van der Waals surface area contributed by atoms with Gasteiger partial charge in [0.25, 0.3) is 0 Å². The van der Waals surface area contributed by atoms with Crippen LogP contribution in [-0.4, -0.2) is 46.6 Å². The van der Waals surface area contributed by atoms with Gasteiger partial charge in [-0.1, -0.05) is 38.1 Å². The summed E-state index contributed by atoms with van der Waals surface area (Å²) >= 11 is 1.74. The molecule has 1 fully saturated rings. The summed E-state index contributed by atoms with van der Waals surface area (Å²) in [5.41, 5.74) is 2.95. The van der Waals surface area contributed by atoms with Crippen molar-refractivity contribution >= 4 is 23.4 Å². The summed E-state index contributed by atoms with van der Waals surface area (Å²) in [5, 5.41) is 3.46. The second-order valence-corrected chi connectivity index (χ2v) is 10.8. The zero-order valence-electron chi connectivity index (χ0n) is 19.2. The predicted octanol–water partition coefficient (Wildman–Crippen LogP) is 5.60. The van der Waals surface area contributed by atoms with Crippen molar-refractivity contribution < 1.29 is 18.0 Å². The fraction of sp³-hybridized carbons (Fsp3) is 0.520. The lowest BCUT2D eigenvalue weighted by Crippen LogP contribution is -2.43. The van der Waals surface area contributed by atoms with Crippen molar-refractivity contribution in [2.24, 2.45) is 5.92 Å². The minimum absolute atomic E-state index is 0.106. The molecular weight excluding hydrogens is 447 g/mol. The summed E-state index contributed by atoms with van der Waals surface area (Å²) in [5.74, 6) is 0.808. The Labute approximate surface area is 197 Å². The number of carbonyl (C=O) groups is 1. The summed E-state index contributed by atoms with van der Waals surface area (Å²) in [7, 11) is 1.24. The number of aromatic nitrogens is 1. The van der Waals surface area contributed by atoms with E-state index in [0.717, 1.165) is 22.8 Å². The first-order chi connectivity index (χ1) is 15.6. The van der Waals surface area contributed by atoms with Crippen LogP contribution in [0.2, 0.25) is 0 Å². The fourth-order valence-corrected chi connectivity index (χ4v) is 6.13. The van der Waals surface area contributed by atoms with Crippen LogP contribution in [-0.2, 0) is 16.6 Å². The van der Waals surface area contributed by atoms with Crippen LogP contribution in [0, 0.1) is 5.92 Å². The molecule has 4 nitrogen and oxygen atoms in total. The molecule has 2 aromatic rings. The number of nitrogens with zero attached hydrogens (tertiary/aromatic N) is 2. The smallest absolute Gasteiger partial charge is 0.380 e. The molecule has 1 N–H and O–H groups in total. The lowest BCUT2D eigenvalue weighted by molar-refractivity contribution is -0.191. The van der Waals surface area contributed by atoms with Crippen LogP contribution >= 0.6 is 11.8 Å². The van der Waals surface area contributed by atoms with Crippen LogP contribution < -0.4 is 5.32 Å². The summed E-state index contributed by atoms with van der Waals surface area (Å²) < 4.78 is 42.0. The lowest BCUT2D eigenvalue weighted by Gasteiger charge is -2.33. The number of carbonyl (C=O) groups excluding carboxylic acids is 1. The predicted molar refractivity (Wildman–Crippen MR) is 126 cm³/mol. The number of benzene rings is 1. The number of anilines is 1. The van der Waals surface area contributed by atoms with Crippen molar-refractivity contribution in [1.82, 2.24) is 9.88 Å². The number of fused-ring (bicyclic) bond motifs is 1. The summed E-state index contributed by atoms with van der Waals surface area (Å²) in [6.07, 6.45) is -1.08. The molecule has 1 aromatic carbocycles. The molecule has 33 heavy (non-hydrogen) atoms. The molecule has 0 bridgehead atoms. The molecule has 1 unspecified atom stereocenters. The second-order valence-electron chi connectivity index (χ2n) is 9.53. The van der Waals surface area contributed by atoms with Crippen molar-refractivity contribution in [3.63, 3.8) is 0 Å². The van der Waals surface area contributed by atoms with Gasteiger partial charge >= 0.3 is 6.18 Å². The first kappa shape index (κ1) is 23.9. The zero-order chi connectivity index (χ0) is 23.8. The van der Waals surface area contributed by atoms with Gasteiger partial charge in [0.2, 0.25) is 5.91 Å². The van der Waals surface area contributed by atoms with E-state index in [9.17, 15) is 18.0 Å². The molecule has 2 atom stereocenters. The largest absolute Gasteiger partial charge is 0.414 e. The molecule has 2 heterocycles. The average Bonchev–Trinajstić information content (AvgIpc) is 3.04. The van der Waals surface area contributed by atoms with Crippen molar-refractivity contribution in [3.8, 4) is 0 Å². The van der Waals surface area contributed by atoms with E-state index in [4.69, 9.17) is 0 Å². The number of rotatable bonds is 5. The highest BCUT2D eigenvalue weighted by Crippen LogP contribution is 2.41. The van der Waals surface area contributed by atoms with E-state index in [1.165, 1.54) is 30.4 Å². The molecule has 1 amide bonds. The molecule has 178 valence electrons. The van der Waals surface area contributed by atoms with Gasteiger partial charge in [0.05, 0.1) is 17.6 Å². The SMILES string of the molecule is CN(C(=O)C1CCSCC1)[C@@H](c1ccc(NC2Cc3ccccc3C2(C)C)cn1)C(F)(F)F. The number of hydrogen-bond donors (Lipinski definition) is 1. The van der Waals surface area contributed by atoms with Gasteiger partial charge in [0, 0.05) is 24.4 Å². The van der Waals surface area contributed by atoms with Gasteiger partial charge in [-0.05, 0) is 54.0 Å². The number of halogens is 3. The third kappa shape index (κ3) is 4.86. The summed E-state index contributed by atoms with van der Waals surface area (Å²) in [6.45, 7) is 4.34. The van der Waals surface area contributed by atoms with Crippen LogP contribution in [0.1, 0.15) is 49.6 Å². The molecule has 2 aliphatic rings. The van der Waals surface area contributed by atoms with E-state index < -0.39 is 18.1 Å². The highest BCUT2D eigenvalue weighted by atomic mass is 32.2. The molecule has 0 spiro atoms. The first-order valence-corrected chi connectivity index (χ1v) is 12.5. The molecule has 1 aliphatic heterocycles. The maximum Gasteiger partial charge on any atom is 0.414 e. The van der Waals surface area contributed by atoms with Gasteiger partial charge in [-0.25, -0.2) is 0 Å². The lowest BCUT2D eigenvalue weighted by atomic mass is 9.83.